The third-order valence-corrected chi connectivity index (χ3v) is 6.71. The van der Waals surface area contributed by atoms with E-state index in [2.05, 4.69) is 24.6 Å². The Hall–Kier alpha value is -4.43. The Morgan fingerprint density at radius 2 is 2.05 bits per heavy atom. The number of amides is 1. The molecule has 0 atom stereocenters. The largest absolute Gasteiger partial charge is 0.490 e. The number of aromatic nitrogens is 5. The molecule has 4 aromatic rings. The molecule has 0 aromatic carbocycles. The number of methoxy groups -OCH3 is 1. The quantitative estimate of drug-likeness (QED) is 0.299. The first-order chi connectivity index (χ1) is 18.4. The number of anilines is 2. The van der Waals surface area contributed by atoms with E-state index < -0.39 is 11.4 Å². The van der Waals surface area contributed by atoms with Gasteiger partial charge in [-0.05, 0) is 30.7 Å². The normalized spacial score (nSPS) is 13.4. The van der Waals surface area contributed by atoms with Gasteiger partial charge in [-0.25, -0.2) is 19.7 Å². The van der Waals surface area contributed by atoms with Crippen molar-refractivity contribution in [2.75, 3.05) is 43.6 Å². The standard InChI is InChI=1S/C24H23N7O6S/c1-13-7-18(29-21-19(13)20(32)16(23(34)35)11-31(21)24-26-12-27-38-24)30-9-14(10-30)22(33)28-17-4-3-15(8-25-17)37-6-5-36-2/h3-4,7-8,11-12,14H,5-6,9-10H2,1-2H3,(H,34,35)(H,25,28,33). The van der Waals surface area contributed by atoms with Crippen LogP contribution in [0.2, 0.25) is 0 Å². The van der Waals surface area contributed by atoms with Crippen LogP contribution in [0.15, 0.2) is 41.7 Å². The maximum Gasteiger partial charge on any atom is 0.341 e. The van der Waals surface area contributed by atoms with Gasteiger partial charge in [-0.2, -0.15) is 4.37 Å². The number of carboxylic acids is 1. The third kappa shape index (κ3) is 4.90. The molecule has 13 nitrogen and oxygen atoms in total. The van der Waals surface area contributed by atoms with Crippen molar-refractivity contribution in [3.63, 3.8) is 0 Å². The number of rotatable bonds is 9. The molecule has 5 heterocycles. The summed E-state index contributed by atoms with van der Waals surface area (Å²) in [4.78, 5) is 52.3. The smallest absolute Gasteiger partial charge is 0.341 e. The van der Waals surface area contributed by atoms with Crippen LogP contribution in [0.25, 0.3) is 16.2 Å². The van der Waals surface area contributed by atoms with Gasteiger partial charge in [-0.3, -0.25) is 14.2 Å². The molecular formula is C24H23N7O6S. The van der Waals surface area contributed by atoms with Crippen molar-refractivity contribution < 1.29 is 24.2 Å². The molecule has 196 valence electrons. The molecule has 0 aliphatic carbocycles. The molecule has 1 fully saturated rings. The lowest BCUT2D eigenvalue weighted by molar-refractivity contribution is -0.120. The van der Waals surface area contributed by atoms with Crippen molar-refractivity contribution in [2.45, 2.75) is 6.92 Å². The van der Waals surface area contributed by atoms with Crippen molar-refractivity contribution in [2.24, 2.45) is 5.92 Å². The predicted molar refractivity (Wildman–Crippen MR) is 138 cm³/mol. The summed E-state index contributed by atoms with van der Waals surface area (Å²) in [7, 11) is 1.59. The SMILES string of the molecule is COCCOc1ccc(NC(=O)C2CN(c3cc(C)c4c(=O)c(C(=O)O)cn(-c5ncns5)c4n3)C2)nc1. The van der Waals surface area contributed by atoms with Crippen LogP contribution in [-0.2, 0) is 9.53 Å². The summed E-state index contributed by atoms with van der Waals surface area (Å²) in [5.74, 6) is -0.228. The summed E-state index contributed by atoms with van der Waals surface area (Å²) >= 11 is 1.05. The highest BCUT2D eigenvalue weighted by Crippen LogP contribution is 2.28. The van der Waals surface area contributed by atoms with Crippen LogP contribution < -0.4 is 20.4 Å². The Kier molecular flexibility index (Phi) is 6.98. The van der Waals surface area contributed by atoms with Crippen LogP contribution in [0.5, 0.6) is 5.75 Å². The number of carboxylic acid groups (broad SMARTS) is 1. The van der Waals surface area contributed by atoms with Crippen LogP contribution in [-0.4, -0.2) is 74.3 Å². The van der Waals surface area contributed by atoms with E-state index in [0.717, 1.165) is 11.5 Å². The fourth-order valence-corrected chi connectivity index (χ4v) is 4.56. The average Bonchev–Trinajstić information content (AvgIpc) is 3.39. The van der Waals surface area contributed by atoms with E-state index >= 15 is 0 Å². The van der Waals surface area contributed by atoms with Gasteiger partial charge in [0.2, 0.25) is 16.5 Å². The summed E-state index contributed by atoms with van der Waals surface area (Å²) in [6, 6.07) is 5.11. The highest BCUT2D eigenvalue weighted by atomic mass is 32.1. The molecule has 5 rings (SSSR count). The van der Waals surface area contributed by atoms with Gasteiger partial charge < -0.3 is 24.8 Å². The maximum atomic E-state index is 12.9. The number of carbonyl (C=O) groups is 2. The number of fused-ring (bicyclic) bond motifs is 1. The summed E-state index contributed by atoms with van der Waals surface area (Å²) < 4.78 is 15.9. The number of carbonyl (C=O) groups excluding carboxylic acids is 1. The second kappa shape index (κ2) is 10.5. The maximum absolute atomic E-state index is 12.9. The van der Waals surface area contributed by atoms with Crippen LogP contribution in [0.1, 0.15) is 15.9 Å². The van der Waals surface area contributed by atoms with E-state index in [0.29, 0.717) is 54.4 Å². The number of aryl methyl sites for hydroxylation is 1. The van der Waals surface area contributed by atoms with Crippen LogP contribution in [0.4, 0.5) is 11.6 Å². The molecule has 0 unspecified atom stereocenters. The molecule has 38 heavy (non-hydrogen) atoms. The van der Waals surface area contributed by atoms with Crippen LogP contribution in [0, 0.1) is 12.8 Å². The highest BCUT2D eigenvalue weighted by molar-refractivity contribution is 7.08. The lowest BCUT2D eigenvalue weighted by Gasteiger charge is -2.39. The Bertz CT molecular complexity index is 1550. The lowest BCUT2D eigenvalue weighted by Crippen LogP contribution is -2.52. The summed E-state index contributed by atoms with van der Waals surface area (Å²) in [6.45, 7) is 3.42. The molecule has 1 amide bonds. The number of aromatic carboxylic acids is 1. The zero-order valence-electron chi connectivity index (χ0n) is 20.4. The number of nitrogens with one attached hydrogen (secondary N) is 1. The molecule has 1 saturated heterocycles. The minimum atomic E-state index is -1.34. The average molecular weight is 538 g/mol. The zero-order valence-corrected chi connectivity index (χ0v) is 21.3. The first kappa shape index (κ1) is 25.2. The van der Waals surface area contributed by atoms with Gasteiger partial charge in [0.05, 0.1) is 24.1 Å². The number of hydrogen-bond donors (Lipinski definition) is 2. The van der Waals surface area contributed by atoms with E-state index in [1.54, 1.807) is 32.2 Å². The Labute approximate surface area is 219 Å². The molecule has 0 saturated carbocycles. The van der Waals surface area contributed by atoms with E-state index in [1.165, 1.54) is 23.3 Å². The zero-order chi connectivity index (χ0) is 26.8. The van der Waals surface area contributed by atoms with Gasteiger partial charge in [-0.1, -0.05) is 0 Å². The third-order valence-electron chi connectivity index (χ3n) is 6.05. The molecule has 1 aliphatic rings. The highest BCUT2D eigenvalue weighted by Gasteiger charge is 2.34. The number of nitrogens with zero attached hydrogens (tertiary/aromatic N) is 6. The minimum absolute atomic E-state index is 0.170. The number of ether oxygens (including phenoxy) is 2. The topological polar surface area (TPSA) is 162 Å². The Balaban J connectivity index is 1.33. The summed E-state index contributed by atoms with van der Waals surface area (Å²) in [5, 5.41) is 12.9. The molecule has 1 aliphatic heterocycles. The summed E-state index contributed by atoms with van der Waals surface area (Å²) in [6.07, 6.45) is 4.10. The first-order valence-corrected chi connectivity index (χ1v) is 12.3. The van der Waals surface area contributed by atoms with Crippen LogP contribution >= 0.6 is 11.5 Å². The molecular weight excluding hydrogens is 514 g/mol. The van der Waals surface area contributed by atoms with Gasteiger partial charge in [0.25, 0.3) is 0 Å². The first-order valence-electron chi connectivity index (χ1n) is 11.6. The number of hydrogen-bond acceptors (Lipinski definition) is 11. The van der Waals surface area contributed by atoms with E-state index in [4.69, 9.17) is 9.47 Å². The van der Waals surface area contributed by atoms with E-state index in [1.807, 2.05) is 4.90 Å². The fraction of sp³-hybridized carbons (Fsp3) is 0.292. The Morgan fingerprint density at radius 1 is 1.24 bits per heavy atom. The fourth-order valence-electron chi connectivity index (χ4n) is 4.05. The lowest BCUT2D eigenvalue weighted by atomic mass is 9.98. The predicted octanol–water partition coefficient (Wildman–Crippen LogP) is 1.74. The van der Waals surface area contributed by atoms with Crippen molar-refractivity contribution in [3.8, 4) is 10.9 Å². The van der Waals surface area contributed by atoms with Gasteiger partial charge in [0.15, 0.2) is 5.65 Å². The van der Waals surface area contributed by atoms with Gasteiger partial charge >= 0.3 is 5.97 Å². The van der Waals surface area contributed by atoms with Crippen molar-refractivity contribution in [3.05, 3.63) is 58.3 Å². The van der Waals surface area contributed by atoms with E-state index in [-0.39, 0.29) is 28.4 Å². The van der Waals surface area contributed by atoms with Crippen molar-refractivity contribution in [1.29, 1.82) is 0 Å². The van der Waals surface area contributed by atoms with Gasteiger partial charge in [-0.15, -0.1) is 0 Å². The molecule has 14 heteroatoms. The molecule has 0 spiro atoms. The molecule has 0 bridgehead atoms. The van der Waals surface area contributed by atoms with Gasteiger partial charge in [0, 0.05) is 37.9 Å². The van der Waals surface area contributed by atoms with Gasteiger partial charge in [0.1, 0.15) is 35.9 Å². The second-order valence-electron chi connectivity index (χ2n) is 8.58. The summed E-state index contributed by atoms with van der Waals surface area (Å²) in [5.41, 5.74) is -0.152. The van der Waals surface area contributed by atoms with Crippen molar-refractivity contribution in [1.82, 2.24) is 23.9 Å². The second-order valence-corrected chi connectivity index (χ2v) is 9.34. The van der Waals surface area contributed by atoms with E-state index in [9.17, 15) is 19.5 Å². The van der Waals surface area contributed by atoms with Crippen LogP contribution in [0.3, 0.4) is 0 Å². The Morgan fingerprint density at radius 3 is 2.71 bits per heavy atom. The number of pyridine rings is 3. The molecule has 4 aromatic heterocycles. The molecule has 2 N–H and O–H groups in total. The van der Waals surface area contributed by atoms with Crippen molar-refractivity contribution >= 4 is 46.1 Å². The molecule has 0 radical (unpaired) electrons. The monoisotopic (exact) mass is 537 g/mol. The minimum Gasteiger partial charge on any atom is -0.490 e.